The van der Waals surface area contributed by atoms with E-state index in [0.29, 0.717) is 5.02 Å². The Hall–Kier alpha value is -1.93. The molecular weight excluding hydrogens is 389 g/mol. The molecule has 0 spiro atoms. The first-order chi connectivity index (χ1) is 11.5. The van der Waals surface area contributed by atoms with Crippen LogP contribution in [0.25, 0.3) is 6.08 Å². The molecule has 1 aromatic carbocycles. The molecule has 0 radical (unpaired) electrons. The van der Waals surface area contributed by atoms with Crippen molar-refractivity contribution in [3.8, 4) is 0 Å². The van der Waals surface area contributed by atoms with E-state index in [1.807, 2.05) is 17.5 Å². The highest BCUT2D eigenvalue weighted by atomic mass is 35.5. The van der Waals surface area contributed by atoms with E-state index in [-0.39, 0.29) is 15.7 Å². The lowest BCUT2D eigenvalue weighted by atomic mass is 10.2. The van der Waals surface area contributed by atoms with Gasteiger partial charge in [0.15, 0.2) is 5.11 Å². The molecule has 0 saturated heterocycles. The molecule has 0 unspecified atom stereocenters. The van der Waals surface area contributed by atoms with E-state index in [9.17, 15) is 9.59 Å². The summed E-state index contributed by atoms with van der Waals surface area (Å²) in [5.74, 6) is -0.929. The van der Waals surface area contributed by atoms with Crippen molar-refractivity contribution in [3.05, 3.63) is 62.3 Å². The third-order valence-corrected chi connectivity index (χ3v) is 4.23. The van der Waals surface area contributed by atoms with Crippen LogP contribution in [0.2, 0.25) is 10.0 Å². The molecule has 0 aliphatic rings. The third-order valence-electron chi connectivity index (χ3n) is 2.64. The van der Waals surface area contributed by atoms with Crippen LogP contribution in [0.5, 0.6) is 0 Å². The molecule has 3 N–H and O–H groups in total. The summed E-state index contributed by atoms with van der Waals surface area (Å²) in [5, 5.41) is 4.89. The number of hydrazine groups is 1. The zero-order valence-electron chi connectivity index (χ0n) is 12.0. The zero-order valence-corrected chi connectivity index (χ0v) is 15.2. The summed E-state index contributed by atoms with van der Waals surface area (Å²) < 4.78 is 0. The van der Waals surface area contributed by atoms with Crippen molar-refractivity contribution in [2.75, 3.05) is 0 Å². The monoisotopic (exact) mass is 399 g/mol. The average molecular weight is 400 g/mol. The molecule has 124 valence electrons. The first kappa shape index (κ1) is 18.4. The minimum absolute atomic E-state index is 0.0470. The summed E-state index contributed by atoms with van der Waals surface area (Å²) in [6, 6.07) is 8.23. The molecule has 2 amide bonds. The summed E-state index contributed by atoms with van der Waals surface area (Å²) in [6.45, 7) is 0. The lowest BCUT2D eigenvalue weighted by molar-refractivity contribution is -0.115. The SMILES string of the molecule is O=C(C=Cc1cccs1)NC(=S)NNC(=O)c1ccc(Cl)cc1Cl. The van der Waals surface area contributed by atoms with Crippen molar-refractivity contribution >= 4 is 69.8 Å². The van der Waals surface area contributed by atoms with Crippen molar-refractivity contribution < 1.29 is 9.59 Å². The Labute approximate surface area is 157 Å². The van der Waals surface area contributed by atoms with Crippen LogP contribution < -0.4 is 16.2 Å². The van der Waals surface area contributed by atoms with Gasteiger partial charge >= 0.3 is 0 Å². The Morgan fingerprint density at radius 3 is 2.62 bits per heavy atom. The lowest BCUT2D eigenvalue weighted by Gasteiger charge is -2.10. The van der Waals surface area contributed by atoms with Crippen LogP contribution in [0.1, 0.15) is 15.2 Å². The van der Waals surface area contributed by atoms with Gasteiger partial charge in [-0.25, -0.2) is 0 Å². The number of rotatable bonds is 3. The fraction of sp³-hybridized carbons (Fsp3) is 0. The summed E-state index contributed by atoms with van der Waals surface area (Å²) in [4.78, 5) is 24.6. The van der Waals surface area contributed by atoms with Crippen LogP contribution in [0.3, 0.4) is 0 Å². The maximum atomic E-state index is 12.0. The number of thiophene rings is 1. The molecule has 0 saturated carbocycles. The van der Waals surface area contributed by atoms with E-state index < -0.39 is 11.8 Å². The van der Waals surface area contributed by atoms with E-state index in [1.165, 1.54) is 35.6 Å². The Morgan fingerprint density at radius 2 is 1.96 bits per heavy atom. The van der Waals surface area contributed by atoms with E-state index in [0.717, 1.165) is 4.88 Å². The zero-order chi connectivity index (χ0) is 17.5. The molecule has 2 rings (SSSR count). The predicted octanol–water partition coefficient (Wildman–Crippen LogP) is 3.40. The number of thiocarbonyl (C=S) groups is 1. The van der Waals surface area contributed by atoms with E-state index in [4.69, 9.17) is 35.4 Å². The van der Waals surface area contributed by atoms with Crippen molar-refractivity contribution in [2.24, 2.45) is 0 Å². The Kier molecular flexibility index (Phi) is 6.74. The van der Waals surface area contributed by atoms with Crippen molar-refractivity contribution in [1.29, 1.82) is 0 Å². The van der Waals surface area contributed by atoms with Crippen LogP contribution >= 0.6 is 46.8 Å². The van der Waals surface area contributed by atoms with E-state index in [1.54, 1.807) is 6.08 Å². The highest BCUT2D eigenvalue weighted by Gasteiger charge is 2.11. The van der Waals surface area contributed by atoms with Gasteiger partial charge in [-0.05, 0) is 47.9 Å². The first-order valence-electron chi connectivity index (χ1n) is 6.53. The van der Waals surface area contributed by atoms with Crippen LogP contribution in [0, 0.1) is 0 Å². The van der Waals surface area contributed by atoms with Gasteiger partial charge in [-0.3, -0.25) is 25.8 Å². The maximum absolute atomic E-state index is 12.0. The second kappa shape index (κ2) is 8.79. The smallest absolute Gasteiger partial charge is 0.271 e. The molecule has 9 heteroatoms. The molecule has 1 heterocycles. The normalized spacial score (nSPS) is 10.4. The number of hydrogen-bond acceptors (Lipinski definition) is 4. The molecular formula is C15H11Cl2N3O2S2. The number of nitrogens with one attached hydrogen (secondary N) is 3. The van der Waals surface area contributed by atoms with Crippen molar-refractivity contribution in [3.63, 3.8) is 0 Å². The number of hydrogen-bond donors (Lipinski definition) is 3. The summed E-state index contributed by atoms with van der Waals surface area (Å²) in [6.07, 6.45) is 3.01. The number of carbonyl (C=O) groups excluding carboxylic acids is 2. The summed E-state index contributed by atoms with van der Waals surface area (Å²) >= 11 is 18.1. The van der Waals surface area contributed by atoms with Gasteiger partial charge in [0.1, 0.15) is 0 Å². The van der Waals surface area contributed by atoms with Gasteiger partial charge in [0.05, 0.1) is 10.6 Å². The lowest BCUT2D eigenvalue weighted by Crippen LogP contribution is -2.48. The van der Waals surface area contributed by atoms with Gasteiger partial charge in [0.2, 0.25) is 5.91 Å². The van der Waals surface area contributed by atoms with Crippen LogP contribution in [-0.4, -0.2) is 16.9 Å². The molecule has 0 fully saturated rings. The fourth-order valence-corrected chi connectivity index (χ4v) is 2.85. The van der Waals surface area contributed by atoms with Gasteiger partial charge < -0.3 is 0 Å². The highest BCUT2D eigenvalue weighted by Crippen LogP contribution is 2.20. The standard InChI is InChI=1S/C15H11Cl2N3O2S2/c16-9-3-5-11(12(17)8-9)14(22)19-20-15(23)18-13(21)6-4-10-2-1-7-24-10/h1-8H,(H,19,22)(H2,18,20,21,23). The van der Waals surface area contributed by atoms with E-state index in [2.05, 4.69) is 16.2 Å². The first-order valence-corrected chi connectivity index (χ1v) is 8.58. The Bertz CT molecular complexity index is 792. The van der Waals surface area contributed by atoms with Crippen LogP contribution in [0.4, 0.5) is 0 Å². The molecule has 2 aromatic rings. The minimum Gasteiger partial charge on any atom is -0.298 e. The molecule has 0 atom stereocenters. The van der Waals surface area contributed by atoms with Crippen LogP contribution in [-0.2, 0) is 4.79 Å². The van der Waals surface area contributed by atoms with Crippen molar-refractivity contribution in [1.82, 2.24) is 16.2 Å². The Balaban J connectivity index is 1.82. The maximum Gasteiger partial charge on any atom is 0.271 e. The highest BCUT2D eigenvalue weighted by molar-refractivity contribution is 7.80. The quantitative estimate of drug-likeness (QED) is 0.420. The molecule has 0 aliphatic heterocycles. The molecule has 0 aliphatic carbocycles. The fourth-order valence-electron chi connectivity index (χ4n) is 1.58. The second-order valence-corrected chi connectivity index (χ2v) is 6.60. The largest absolute Gasteiger partial charge is 0.298 e. The van der Waals surface area contributed by atoms with E-state index >= 15 is 0 Å². The minimum atomic E-state index is -0.512. The van der Waals surface area contributed by atoms with Gasteiger partial charge in [-0.15, -0.1) is 11.3 Å². The number of amides is 2. The third kappa shape index (κ3) is 5.61. The molecule has 1 aromatic heterocycles. The number of halogens is 2. The van der Waals surface area contributed by atoms with Gasteiger partial charge in [0, 0.05) is 16.0 Å². The molecule has 5 nitrogen and oxygen atoms in total. The molecule has 0 bridgehead atoms. The van der Waals surface area contributed by atoms with Crippen molar-refractivity contribution in [2.45, 2.75) is 0 Å². The van der Waals surface area contributed by atoms with Gasteiger partial charge in [0.25, 0.3) is 5.91 Å². The second-order valence-electron chi connectivity index (χ2n) is 4.37. The summed E-state index contributed by atoms with van der Waals surface area (Å²) in [5.41, 5.74) is 4.99. The summed E-state index contributed by atoms with van der Waals surface area (Å²) in [7, 11) is 0. The number of benzene rings is 1. The van der Waals surface area contributed by atoms with Gasteiger partial charge in [-0.1, -0.05) is 29.3 Å². The number of carbonyl (C=O) groups is 2. The van der Waals surface area contributed by atoms with Gasteiger partial charge in [-0.2, -0.15) is 0 Å². The average Bonchev–Trinajstić information content (AvgIpc) is 3.04. The molecule has 24 heavy (non-hydrogen) atoms. The predicted molar refractivity (Wildman–Crippen MR) is 101 cm³/mol. The topological polar surface area (TPSA) is 70.2 Å². The Morgan fingerprint density at radius 1 is 1.17 bits per heavy atom. The van der Waals surface area contributed by atoms with Crippen LogP contribution in [0.15, 0.2) is 41.8 Å².